The molecule has 0 spiro atoms. The molecule has 2 unspecified atom stereocenters. The van der Waals surface area contributed by atoms with E-state index in [1.165, 1.54) is 11.3 Å². The standard InChI is InChI=1S/C10H14N2O3S/c1-6-4-7(2-3-15-6)11-10-12-8(5-16-10)9(13)14/h5-7H,2-4H2,1H3,(H,11,12)(H,13,14). The first kappa shape index (κ1) is 11.3. The van der Waals surface area contributed by atoms with E-state index in [1.807, 2.05) is 6.92 Å². The lowest BCUT2D eigenvalue weighted by Gasteiger charge is -2.27. The normalized spacial score (nSPS) is 25.3. The molecule has 0 aliphatic carbocycles. The Morgan fingerprint density at radius 1 is 1.75 bits per heavy atom. The molecule has 1 aliphatic heterocycles. The fourth-order valence-corrected chi connectivity index (χ4v) is 2.50. The monoisotopic (exact) mass is 242 g/mol. The van der Waals surface area contributed by atoms with E-state index in [4.69, 9.17) is 9.84 Å². The second-order valence-electron chi connectivity index (χ2n) is 3.89. The fourth-order valence-electron chi connectivity index (χ4n) is 1.74. The van der Waals surface area contributed by atoms with E-state index in [1.54, 1.807) is 5.38 Å². The van der Waals surface area contributed by atoms with Crippen molar-refractivity contribution in [2.45, 2.75) is 31.9 Å². The van der Waals surface area contributed by atoms with Crippen molar-refractivity contribution in [1.29, 1.82) is 0 Å². The highest BCUT2D eigenvalue weighted by Crippen LogP contribution is 2.21. The molecule has 0 amide bonds. The first-order chi connectivity index (χ1) is 7.65. The summed E-state index contributed by atoms with van der Waals surface area (Å²) in [6, 6.07) is 0.330. The van der Waals surface area contributed by atoms with Gasteiger partial charge in [0.2, 0.25) is 0 Å². The lowest BCUT2D eigenvalue weighted by atomic mass is 10.1. The van der Waals surface area contributed by atoms with Crippen LogP contribution >= 0.6 is 11.3 Å². The van der Waals surface area contributed by atoms with Gasteiger partial charge in [-0.15, -0.1) is 11.3 Å². The van der Waals surface area contributed by atoms with Gasteiger partial charge in [-0.1, -0.05) is 0 Å². The molecule has 0 aromatic carbocycles. The second kappa shape index (κ2) is 4.80. The van der Waals surface area contributed by atoms with Crippen LogP contribution < -0.4 is 5.32 Å². The van der Waals surface area contributed by atoms with Crippen LogP contribution in [0.5, 0.6) is 0 Å². The number of hydrogen-bond donors (Lipinski definition) is 2. The van der Waals surface area contributed by atoms with Crippen molar-refractivity contribution >= 4 is 22.4 Å². The first-order valence-corrected chi connectivity index (χ1v) is 6.10. The summed E-state index contributed by atoms with van der Waals surface area (Å²) < 4.78 is 5.44. The van der Waals surface area contributed by atoms with E-state index >= 15 is 0 Å². The summed E-state index contributed by atoms with van der Waals surface area (Å²) in [6.45, 7) is 2.79. The van der Waals surface area contributed by atoms with E-state index in [0.717, 1.165) is 19.4 Å². The Morgan fingerprint density at radius 3 is 3.19 bits per heavy atom. The highest BCUT2D eigenvalue weighted by Gasteiger charge is 2.20. The Labute approximate surface area is 97.5 Å². The van der Waals surface area contributed by atoms with Crippen molar-refractivity contribution in [3.05, 3.63) is 11.1 Å². The van der Waals surface area contributed by atoms with Gasteiger partial charge in [0.15, 0.2) is 10.8 Å². The molecule has 6 heteroatoms. The predicted octanol–water partition coefficient (Wildman–Crippen LogP) is 1.82. The summed E-state index contributed by atoms with van der Waals surface area (Å²) in [5.41, 5.74) is 0.104. The quantitative estimate of drug-likeness (QED) is 0.846. The number of rotatable bonds is 3. The maximum absolute atomic E-state index is 10.7. The SMILES string of the molecule is CC1CC(Nc2nc(C(=O)O)cs2)CCO1. The van der Waals surface area contributed by atoms with Gasteiger partial charge in [0.25, 0.3) is 0 Å². The van der Waals surface area contributed by atoms with E-state index in [0.29, 0.717) is 11.2 Å². The zero-order valence-electron chi connectivity index (χ0n) is 8.97. The van der Waals surface area contributed by atoms with Gasteiger partial charge in [0, 0.05) is 18.0 Å². The number of aromatic nitrogens is 1. The number of carboxylic acid groups (broad SMARTS) is 1. The molecule has 1 aromatic rings. The molecule has 1 aromatic heterocycles. The third kappa shape index (κ3) is 2.70. The number of aromatic carboxylic acids is 1. The summed E-state index contributed by atoms with van der Waals surface area (Å²) in [5, 5.41) is 14.2. The first-order valence-electron chi connectivity index (χ1n) is 5.22. The van der Waals surface area contributed by atoms with Crippen LogP contribution in [0.1, 0.15) is 30.3 Å². The number of carbonyl (C=O) groups is 1. The molecule has 2 atom stereocenters. The summed E-state index contributed by atoms with van der Waals surface area (Å²) in [7, 11) is 0. The highest BCUT2D eigenvalue weighted by molar-refractivity contribution is 7.13. The molecule has 0 bridgehead atoms. The van der Waals surface area contributed by atoms with Crippen LogP contribution in [0.4, 0.5) is 5.13 Å². The summed E-state index contributed by atoms with van der Waals surface area (Å²) >= 11 is 1.33. The van der Waals surface area contributed by atoms with Crippen molar-refractivity contribution in [3.8, 4) is 0 Å². The molecule has 1 fully saturated rings. The summed E-state index contributed by atoms with van der Waals surface area (Å²) in [4.78, 5) is 14.7. The van der Waals surface area contributed by atoms with Gasteiger partial charge < -0.3 is 15.2 Å². The third-order valence-corrected chi connectivity index (χ3v) is 3.31. The number of ether oxygens (including phenoxy) is 1. The second-order valence-corrected chi connectivity index (χ2v) is 4.75. The van der Waals surface area contributed by atoms with Gasteiger partial charge >= 0.3 is 5.97 Å². The lowest BCUT2D eigenvalue weighted by Crippen LogP contribution is -2.32. The smallest absolute Gasteiger partial charge is 0.355 e. The zero-order chi connectivity index (χ0) is 11.5. The van der Waals surface area contributed by atoms with Gasteiger partial charge in [-0.05, 0) is 19.8 Å². The lowest BCUT2D eigenvalue weighted by molar-refractivity contribution is 0.0232. The number of hydrogen-bond acceptors (Lipinski definition) is 5. The van der Waals surface area contributed by atoms with Crippen LogP contribution in [0.3, 0.4) is 0 Å². The topological polar surface area (TPSA) is 71.5 Å². The average Bonchev–Trinajstić information content (AvgIpc) is 2.66. The van der Waals surface area contributed by atoms with E-state index in [-0.39, 0.29) is 11.8 Å². The Morgan fingerprint density at radius 2 is 2.56 bits per heavy atom. The molecular weight excluding hydrogens is 228 g/mol. The van der Waals surface area contributed by atoms with E-state index in [9.17, 15) is 4.79 Å². The molecule has 0 saturated carbocycles. The Balaban J connectivity index is 1.95. The van der Waals surface area contributed by atoms with Crippen molar-refractivity contribution in [3.63, 3.8) is 0 Å². The molecule has 5 nitrogen and oxygen atoms in total. The van der Waals surface area contributed by atoms with Crippen LogP contribution in [0, 0.1) is 0 Å². The Hall–Kier alpha value is -1.14. The van der Waals surface area contributed by atoms with Gasteiger partial charge in [-0.3, -0.25) is 0 Å². The maximum Gasteiger partial charge on any atom is 0.355 e. The molecule has 16 heavy (non-hydrogen) atoms. The number of thiazole rings is 1. The number of anilines is 1. The molecular formula is C10H14N2O3S. The molecule has 2 N–H and O–H groups in total. The fraction of sp³-hybridized carbons (Fsp3) is 0.600. The van der Waals surface area contributed by atoms with Gasteiger partial charge in [0.05, 0.1) is 6.10 Å². The van der Waals surface area contributed by atoms with Crippen molar-refractivity contribution < 1.29 is 14.6 Å². The molecule has 0 radical (unpaired) electrons. The van der Waals surface area contributed by atoms with Gasteiger partial charge in [-0.2, -0.15) is 0 Å². The minimum absolute atomic E-state index is 0.104. The summed E-state index contributed by atoms with van der Waals surface area (Å²) in [6.07, 6.45) is 2.12. The minimum atomic E-state index is -0.982. The average molecular weight is 242 g/mol. The minimum Gasteiger partial charge on any atom is -0.476 e. The van der Waals surface area contributed by atoms with Crippen LogP contribution in [0.15, 0.2) is 5.38 Å². The van der Waals surface area contributed by atoms with Crippen LogP contribution in [0.2, 0.25) is 0 Å². The van der Waals surface area contributed by atoms with Crippen LogP contribution in [-0.2, 0) is 4.74 Å². The number of nitrogens with zero attached hydrogens (tertiary/aromatic N) is 1. The van der Waals surface area contributed by atoms with Crippen molar-refractivity contribution in [1.82, 2.24) is 4.98 Å². The molecule has 2 rings (SSSR count). The largest absolute Gasteiger partial charge is 0.476 e. The molecule has 88 valence electrons. The maximum atomic E-state index is 10.7. The van der Waals surface area contributed by atoms with Gasteiger partial charge in [0.1, 0.15) is 0 Å². The van der Waals surface area contributed by atoms with E-state index in [2.05, 4.69) is 10.3 Å². The molecule has 2 heterocycles. The number of carboxylic acids is 1. The summed E-state index contributed by atoms with van der Waals surface area (Å²) in [5.74, 6) is -0.982. The van der Waals surface area contributed by atoms with Crippen molar-refractivity contribution in [2.75, 3.05) is 11.9 Å². The number of nitrogens with one attached hydrogen (secondary N) is 1. The van der Waals surface area contributed by atoms with Crippen LogP contribution in [-0.4, -0.2) is 34.8 Å². The molecule has 1 saturated heterocycles. The zero-order valence-corrected chi connectivity index (χ0v) is 9.79. The Bertz CT molecular complexity index is 380. The Kier molecular flexibility index (Phi) is 3.40. The van der Waals surface area contributed by atoms with E-state index < -0.39 is 5.97 Å². The van der Waals surface area contributed by atoms with Crippen LogP contribution in [0.25, 0.3) is 0 Å². The van der Waals surface area contributed by atoms with Gasteiger partial charge in [-0.25, -0.2) is 9.78 Å². The van der Waals surface area contributed by atoms with Crippen molar-refractivity contribution in [2.24, 2.45) is 0 Å². The third-order valence-electron chi connectivity index (χ3n) is 2.54. The molecule has 1 aliphatic rings. The predicted molar refractivity (Wildman–Crippen MR) is 61.1 cm³/mol. The highest BCUT2D eigenvalue weighted by atomic mass is 32.1.